The smallest absolute Gasteiger partial charge is 0.228 e. The van der Waals surface area contributed by atoms with E-state index < -0.39 is 0 Å². The van der Waals surface area contributed by atoms with Crippen molar-refractivity contribution in [3.63, 3.8) is 0 Å². The second-order valence-electron chi connectivity index (χ2n) is 6.10. The van der Waals surface area contributed by atoms with Crippen LogP contribution in [0.15, 0.2) is 36.0 Å². The number of hydrogen-bond donors (Lipinski definition) is 0. The van der Waals surface area contributed by atoms with E-state index in [0.29, 0.717) is 12.8 Å². The van der Waals surface area contributed by atoms with Crippen molar-refractivity contribution in [2.45, 2.75) is 38.1 Å². The van der Waals surface area contributed by atoms with Crippen molar-refractivity contribution in [2.24, 2.45) is 0 Å². The summed E-state index contributed by atoms with van der Waals surface area (Å²) in [5, 5.41) is 0. The van der Waals surface area contributed by atoms with E-state index in [-0.39, 0.29) is 17.3 Å². The molecule has 1 fully saturated rings. The Morgan fingerprint density at radius 1 is 1.50 bits per heavy atom. The highest BCUT2D eigenvalue weighted by molar-refractivity contribution is 7.09. The molecule has 0 bridgehead atoms. The zero-order chi connectivity index (χ0) is 15.6. The summed E-state index contributed by atoms with van der Waals surface area (Å²) in [5.74, 6) is -0.0812. The minimum absolute atomic E-state index is 0.139. The van der Waals surface area contributed by atoms with Crippen LogP contribution in [0.25, 0.3) is 0 Å². The Hall–Kier alpha value is -1.75. The van der Waals surface area contributed by atoms with Gasteiger partial charge < -0.3 is 4.90 Å². The lowest BCUT2D eigenvalue weighted by Crippen LogP contribution is -2.47. The molecule has 1 aliphatic heterocycles. The average Bonchev–Trinajstić information content (AvgIpc) is 3.08. The number of carbonyl (C=O) groups excluding carboxylic acids is 1. The molecule has 1 aromatic carbocycles. The predicted octanol–water partition coefficient (Wildman–Crippen LogP) is 3.45. The predicted molar refractivity (Wildman–Crippen MR) is 85.3 cm³/mol. The third-order valence-electron chi connectivity index (χ3n) is 4.33. The Balaban J connectivity index is 1.74. The molecule has 1 amide bonds. The second-order valence-corrected chi connectivity index (χ2v) is 7.07. The van der Waals surface area contributed by atoms with Crippen LogP contribution in [0.1, 0.15) is 30.2 Å². The molecule has 3 rings (SSSR count). The molecule has 0 radical (unpaired) electrons. The number of hydrogen-bond acceptors (Lipinski definition) is 3. The van der Waals surface area contributed by atoms with E-state index in [1.807, 2.05) is 11.0 Å². The van der Waals surface area contributed by atoms with Crippen LogP contribution in [0.2, 0.25) is 0 Å². The van der Waals surface area contributed by atoms with Gasteiger partial charge in [-0.15, -0.1) is 11.3 Å². The Bertz CT molecular complexity index is 658. The Labute approximate surface area is 133 Å². The first kappa shape index (κ1) is 15.2. The van der Waals surface area contributed by atoms with Gasteiger partial charge in [0.2, 0.25) is 5.91 Å². The van der Waals surface area contributed by atoms with Crippen LogP contribution in [0, 0.1) is 5.82 Å². The summed E-state index contributed by atoms with van der Waals surface area (Å²) in [4.78, 5) is 19.6. The molecule has 1 unspecified atom stereocenters. The van der Waals surface area contributed by atoms with Gasteiger partial charge in [-0.05, 0) is 43.9 Å². The molecule has 5 heteroatoms. The maximum Gasteiger partial charge on any atom is 0.228 e. The first-order valence-electron chi connectivity index (χ1n) is 7.49. The molecule has 22 heavy (non-hydrogen) atoms. The van der Waals surface area contributed by atoms with E-state index >= 15 is 0 Å². The molecule has 2 aromatic rings. The van der Waals surface area contributed by atoms with Crippen molar-refractivity contribution >= 4 is 17.2 Å². The number of benzene rings is 1. The van der Waals surface area contributed by atoms with Crippen LogP contribution in [-0.2, 0) is 17.6 Å². The van der Waals surface area contributed by atoms with Crippen LogP contribution < -0.4 is 0 Å². The lowest BCUT2D eigenvalue weighted by Gasteiger charge is -2.35. The third-order valence-corrected chi connectivity index (χ3v) is 5.11. The molecule has 2 heterocycles. The Morgan fingerprint density at radius 3 is 3.09 bits per heavy atom. The first-order valence-corrected chi connectivity index (χ1v) is 8.37. The Kier molecular flexibility index (Phi) is 4.25. The van der Waals surface area contributed by atoms with Crippen LogP contribution in [0.5, 0.6) is 0 Å². The van der Waals surface area contributed by atoms with E-state index in [0.717, 1.165) is 29.8 Å². The SMILES string of the molecule is CC1(Cc2cccc(F)c2)CCCN1C(=O)Cc1cncs1. The number of nitrogens with zero attached hydrogens (tertiary/aromatic N) is 2. The van der Waals surface area contributed by atoms with Crippen LogP contribution >= 0.6 is 11.3 Å². The van der Waals surface area contributed by atoms with E-state index in [1.165, 1.54) is 17.4 Å². The number of halogens is 1. The van der Waals surface area contributed by atoms with Crippen LogP contribution in [0.4, 0.5) is 4.39 Å². The highest BCUT2D eigenvalue weighted by atomic mass is 32.1. The maximum absolute atomic E-state index is 13.4. The molecular weight excluding hydrogens is 299 g/mol. The minimum atomic E-state index is -0.227. The third kappa shape index (κ3) is 3.19. The highest BCUT2D eigenvalue weighted by Crippen LogP contribution is 2.33. The van der Waals surface area contributed by atoms with Crippen LogP contribution in [0.3, 0.4) is 0 Å². The summed E-state index contributed by atoms with van der Waals surface area (Å²) in [5.41, 5.74) is 2.47. The fraction of sp³-hybridized carbons (Fsp3) is 0.412. The molecular formula is C17H19FN2OS. The van der Waals surface area contributed by atoms with E-state index in [4.69, 9.17) is 0 Å². The molecule has 1 aliphatic rings. The summed E-state index contributed by atoms with van der Waals surface area (Å²) in [6.45, 7) is 2.89. The molecule has 1 saturated heterocycles. The van der Waals surface area contributed by atoms with Crippen molar-refractivity contribution in [1.29, 1.82) is 0 Å². The van der Waals surface area contributed by atoms with Gasteiger partial charge in [-0.3, -0.25) is 9.78 Å². The second kappa shape index (κ2) is 6.16. The maximum atomic E-state index is 13.4. The monoisotopic (exact) mass is 318 g/mol. The quantitative estimate of drug-likeness (QED) is 0.865. The van der Waals surface area contributed by atoms with Gasteiger partial charge in [0.05, 0.1) is 11.9 Å². The first-order chi connectivity index (χ1) is 10.6. The summed E-state index contributed by atoms with van der Waals surface area (Å²) in [6, 6.07) is 6.67. The fourth-order valence-corrected chi connectivity index (χ4v) is 3.88. The number of likely N-dealkylation sites (tertiary alicyclic amines) is 1. The van der Waals surface area contributed by atoms with Crippen molar-refractivity contribution in [3.05, 3.63) is 52.2 Å². The van der Waals surface area contributed by atoms with Gasteiger partial charge in [0.25, 0.3) is 0 Å². The van der Waals surface area contributed by atoms with Crippen molar-refractivity contribution < 1.29 is 9.18 Å². The zero-order valence-electron chi connectivity index (χ0n) is 12.6. The summed E-state index contributed by atoms with van der Waals surface area (Å²) >= 11 is 1.51. The van der Waals surface area contributed by atoms with Gasteiger partial charge in [-0.1, -0.05) is 12.1 Å². The van der Waals surface area contributed by atoms with E-state index in [1.54, 1.807) is 23.8 Å². The van der Waals surface area contributed by atoms with Gasteiger partial charge in [0, 0.05) is 23.2 Å². The zero-order valence-corrected chi connectivity index (χ0v) is 13.4. The van der Waals surface area contributed by atoms with Crippen molar-refractivity contribution in [1.82, 2.24) is 9.88 Å². The number of thiazole rings is 1. The van der Waals surface area contributed by atoms with Gasteiger partial charge in [0.1, 0.15) is 5.82 Å². The van der Waals surface area contributed by atoms with E-state index in [9.17, 15) is 9.18 Å². The van der Waals surface area contributed by atoms with Crippen LogP contribution in [-0.4, -0.2) is 27.9 Å². The molecule has 0 saturated carbocycles. The summed E-state index contributed by atoms with van der Waals surface area (Å²) in [7, 11) is 0. The number of rotatable bonds is 4. The van der Waals surface area contributed by atoms with Gasteiger partial charge in [0.15, 0.2) is 0 Å². The van der Waals surface area contributed by atoms with Gasteiger partial charge in [-0.25, -0.2) is 4.39 Å². The summed E-state index contributed by atoms with van der Waals surface area (Å²) < 4.78 is 13.4. The molecule has 116 valence electrons. The Morgan fingerprint density at radius 2 is 2.36 bits per heavy atom. The normalized spacial score (nSPS) is 21.3. The highest BCUT2D eigenvalue weighted by Gasteiger charge is 2.39. The number of aromatic nitrogens is 1. The topological polar surface area (TPSA) is 33.2 Å². The van der Waals surface area contributed by atoms with Crippen molar-refractivity contribution in [3.8, 4) is 0 Å². The minimum Gasteiger partial charge on any atom is -0.337 e. The van der Waals surface area contributed by atoms with Crippen molar-refractivity contribution in [2.75, 3.05) is 6.54 Å². The molecule has 0 aliphatic carbocycles. The van der Waals surface area contributed by atoms with Gasteiger partial charge in [-0.2, -0.15) is 0 Å². The number of amides is 1. The average molecular weight is 318 g/mol. The molecule has 0 spiro atoms. The standard InChI is InChI=1S/C17H19FN2OS/c1-17(10-13-4-2-5-14(18)8-13)6-3-7-20(17)16(21)9-15-11-19-12-22-15/h2,4-5,8,11-12H,3,6-7,9-10H2,1H3. The lowest BCUT2D eigenvalue weighted by atomic mass is 9.90. The molecule has 1 aromatic heterocycles. The van der Waals surface area contributed by atoms with Gasteiger partial charge >= 0.3 is 0 Å². The lowest BCUT2D eigenvalue weighted by molar-refractivity contribution is -0.134. The fourth-order valence-electron chi connectivity index (χ4n) is 3.29. The molecule has 1 atom stereocenters. The summed E-state index contributed by atoms with van der Waals surface area (Å²) in [6.07, 6.45) is 4.81. The largest absolute Gasteiger partial charge is 0.337 e. The molecule has 3 nitrogen and oxygen atoms in total. The van der Waals surface area contributed by atoms with E-state index in [2.05, 4.69) is 11.9 Å². The number of carbonyl (C=O) groups is 1. The molecule has 0 N–H and O–H groups in total.